The number of amides is 1. The van der Waals surface area contributed by atoms with E-state index >= 15 is 4.39 Å². The number of ether oxygens (including phenoxy) is 1. The third-order valence-corrected chi connectivity index (χ3v) is 7.57. The van der Waals surface area contributed by atoms with Crippen LogP contribution in [0, 0.1) is 12.7 Å². The molecule has 0 aliphatic carbocycles. The third-order valence-electron chi connectivity index (χ3n) is 7.57. The van der Waals surface area contributed by atoms with E-state index < -0.39 is 5.82 Å². The molecule has 0 bridgehead atoms. The molecule has 2 aliphatic rings. The minimum absolute atomic E-state index is 0.0395. The van der Waals surface area contributed by atoms with Crippen molar-refractivity contribution in [2.45, 2.75) is 18.9 Å². The van der Waals surface area contributed by atoms with Crippen molar-refractivity contribution >= 4 is 39.9 Å². The number of carbonyl (C=O) groups excluding carboxylic acids is 1. The first-order valence-electron chi connectivity index (χ1n) is 12.8. The lowest BCUT2D eigenvalue weighted by Gasteiger charge is -2.62. The number of nitrogens with one attached hydrogen (secondary N) is 1. The maximum absolute atomic E-state index is 15.3. The van der Waals surface area contributed by atoms with Gasteiger partial charge < -0.3 is 19.9 Å². The second-order valence-corrected chi connectivity index (χ2v) is 10.0. The van der Waals surface area contributed by atoms with Crippen LogP contribution in [0.1, 0.15) is 12.0 Å². The summed E-state index contributed by atoms with van der Waals surface area (Å²) in [4.78, 5) is 33.8. The number of carbonyl (C=O) groups is 1. The number of nitrogens with zero attached hydrogens (tertiary/aromatic N) is 8. The number of fused-ring (bicyclic) bond motifs is 2. The van der Waals surface area contributed by atoms with Crippen molar-refractivity contribution in [3.8, 4) is 11.5 Å². The van der Waals surface area contributed by atoms with E-state index in [0.29, 0.717) is 47.1 Å². The Morgan fingerprint density at radius 2 is 2.02 bits per heavy atom. The summed E-state index contributed by atoms with van der Waals surface area (Å²) in [6.45, 7) is 7.59. The quantitative estimate of drug-likeness (QED) is 0.321. The van der Waals surface area contributed by atoms with Crippen LogP contribution >= 0.6 is 0 Å². The summed E-state index contributed by atoms with van der Waals surface area (Å²) in [6.07, 6.45) is 6.92. The summed E-state index contributed by atoms with van der Waals surface area (Å²) in [7, 11) is 0. The number of aryl methyl sites for hydroxylation is 1. The van der Waals surface area contributed by atoms with Gasteiger partial charge in [0.1, 0.15) is 41.3 Å². The molecular weight excluding hydrogens is 513 g/mol. The summed E-state index contributed by atoms with van der Waals surface area (Å²) in [5.74, 6) is 1.49. The number of benzene rings is 1. The standard InChI is InChI=1S/C28H24FN9O2/c1-3-25(39)37-9-7-28(37)13-36(14-28)23-5-4-20-26(35-23)27(32-15-30-20)34-21-10-17(2)22(12-19(21)29)40-18-6-8-38-24(11-18)31-16-33-38/h3-6,8,10-12,15-16H,1,7,9,13-14H2,2H3,(H,30,32,34). The molecule has 0 unspecified atom stereocenters. The van der Waals surface area contributed by atoms with E-state index in [2.05, 4.69) is 36.8 Å². The normalized spacial score (nSPS) is 15.7. The van der Waals surface area contributed by atoms with Crippen molar-refractivity contribution < 1.29 is 13.9 Å². The minimum atomic E-state index is -0.506. The Hall–Kier alpha value is -5.13. The van der Waals surface area contributed by atoms with Crippen molar-refractivity contribution in [1.29, 1.82) is 0 Å². The summed E-state index contributed by atoms with van der Waals surface area (Å²) >= 11 is 0. The molecule has 2 fully saturated rings. The van der Waals surface area contributed by atoms with Gasteiger partial charge in [-0.2, -0.15) is 5.10 Å². The maximum Gasteiger partial charge on any atom is 0.246 e. The van der Waals surface area contributed by atoms with Gasteiger partial charge in [0.05, 0.1) is 16.7 Å². The van der Waals surface area contributed by atoms with Crippen molar-refractivity contribution in [1.82, 2.24) is 34.4 Å². The molecule has 1 amide bonds. The fraction of sp³-hybridized carbons (Fsp3) is 0.214. The first kappa shape index (κ1) is 23.9. The molecule has 1 N–H and O–H groups in total. The lowest BCUT2D eigenvalue weighted by Crippen LogP contribution is -2.78. The molecule has 11 nitrogen and oxygen atoms in total. The lowest BCUT2D eigenvalue weighted by atomic mass is 9.77. The van der Waals surface area contributed by atoms with Crippen LogP contribution in [-0.4, -0.2) is 65.5 Å². The first-order chi connectivity index (χ1) is 19.4. The molecule has 200 valence electrons. The van der Waals surface area contributed by atoms with Gasteiger partial charge in [-0.15, -0.1) is 0 Å². The number of rotatable bonds is 6. The highest BCUT2D eigenvalue weighted by Crippen LogP contribution is 2.41. The Bertz CT molecular complexity index is 1820. The van der Waals surface area contributed by atoms with Gasteiger partial charge in [0.15, 0.2) is 11.5 Å². The van der Waals surface area contributed by atoms with E-state index in [1.807, 2.05) is 24.0 Å². The second kappa shape index (κ2) is 8.97. The van der Waals surface area contributed by atoms with Crippen LogP contribution in [-0.2, 0) is 4.79 Å². The molecule has 5 aromatic rings. The monoisotopic (exact) mass is 537 g/mol. The molecule has 1 spiro atoms. The van der Waals surface area contributed by atoms with Gasteiger partial charge >= 0.3 is 0 Å². The molecule has 1 aromatic carbocycles. The van der Waals surface area contributed by atoms with Gasteiger partial charge in [0.25, 0.3) is 0 Å². The number of anilines is 3. The van der Waals surface area contributed by atoms with Crippen LogP contribution < -0.4 is 15.0 Å². The molecule has 0 saturated carbocycles. The summed E-state index contributed by atoms with van der Waals surface area (Å²) < 4.78 is 22.8. The van der Waals surface area contributed by atoms with Gasteiger partial charge in [0.2, 0.25) is 5.91 Å². The van der Waals surface area contributed by atoms with Crippen LogP contribution in [0.5, 0.6) is 11.5 Å². The minimum Gasteiger partial charge on any atom is -0.457 e. The number of aromatic nitrogens is 6. The average Bonchev–Trinajstić information content (AvgIpc) is 3.38. The molecule has 2 saturated heterocycles. The fourth-order valence-electron chi connectivity index (χ4n) is 5.33. The van der Waals surface area contributed by atoms with Crippen LogP contribution in [0.15, 0.2) is 67.9 Å². The topological polar surface area (TPSA) is 114 Å². The SMILES string of the molecule is C=CC(=O)N1CCC12CN(c1ccc3ncnc(Nc4cc(C)c(Oc5ccn6ncnc6c5)cc4F)c3n1)C2. The van der Waals surface area contributed by atoms with Crippen LogP contribution in [0.2, 0.25) is 0 Å². The van der Waals surface area contributed by atoms with E-state index in [-0.39, 0.29) is 17.1 Å². The predicted molar refractivity (Wildman–Crippen MR) is 146 cm³/mol. The highest BCUT2D eigenvalue weighted by molar-refractivity contribution is 5.90. The molecule has 0 atom stereocenters. The van der Waals surface area contributed by atoms with E-state index in [4.69, 9.17) is 9.72 Å². The van der Waals surface area contributed by atoms with E-state index in [9.17, 15) is 4.79 Å². The Balaban J connectivity index is 1.13. The Kier molecular flexibility index (Phi) is 5.37. The largest absolute Gasteiger partial charge is 0.457 e. The molecular formula is C28H24FN9O2. The lowest BCUT2D eigenvalue weighted by molar-refractivity contribution is -0.144. The third kappa shape index (κ3) is 3.87. The number of likely N-dealkylation sites (tertiary alicyclic amines) is 1. The first-order valence-corrected chi connectivity index (χ1v) is 12.8. The number of hydrogen-bond donors (Lipinski definition) is 1. The van der Waals surface area contributed by atoms with Crippen molar-refractivity contribution in [3.05, 3.63) is 79.3 Å². The summed E-state index contributed by atoms with van der Waals surface area (Å²) in [5.41, 5.74) is 2.59. The summed E-state index contributed by atoms with van der Waals surface area (Å²) in [6, 6.07) is 10.2. The zero-order chi connectivity index (χ0) is 27.4. The molecule has 2 aliphatic heterocycles. The molecule has 6 heterocycles. The summed E-state index contributed by atoms with van der Waals surface area (Å²) in [5, 5.41) is 7.16. The van der Waals surface area contributed by atoms with Gasteiger partial charge in [0, 0.05) is 38.0 Å². The highest BCUT2D eigenvalue weighted by Gasteiger charge is 2.55. The molecule has 7 rings (SSSR count). The zero-order valence-corrected chi connectivity index (χ0v) is 21.6. The van der Waals surface area contributed by atoms with E-state index in [0.717, 1.165) is 24.3 Å². The van der Waals surface area contributed by atoms with Crippen LogP contribution in [0.4, 0.5) is 21.7 Å². The molecule has 0 radical (unpaired) electrons. The van der Waals surface area contributed by atoms with Crippen LogP contribution in [0.25, 0.3) is 16.7 Å². The second-order valence-electron chi connectivity index (χ2n) is 10.0. The Morgan fingerprint density at radius 1 is 1.15 bits per heavy atom. The van der Waals surface area contributed by atoms with Gasteiger partial charge in [-0.1, -0.05) is 6.58 Å². The smallest absolute Gasteiger partial charge is 0.246 e. The zero-order valence-electron chi connectivity index (χ0n) is 21.6. The molecule has 4 aromatic heterocycles. The average molecular weight is 538 g/mol. The predicted octanol–water partition coefficient (Wildman–Crippen LogP) is 4.03. The Morgan fingerprint density at radius 3 is 2.83 bits per heavy atom. The van der Waals surface area contributed by atoms with Gasteiger partial charge in [-0.05, 0) is 49.2 Å². The number of pyridine rings is 2. The van der Waals surface area contributed by atoms with Gasteiger partial charge in [-0.25, -0.2) is 28.8 Å². The molecule has 40 heavy (non-hydrogen) atoms. The van der Waals surface area contributed by atoms with E-state index in [1.54, 1.807) is 28.9 Å². The van der Waals surface area contributed by atoms with Gasteiger partial charge in [-0.3, -0.25) is 4.79 Å². The number of hydrogen-bond acceptors (Lipinski definition) is 9. The van der Waals surface area contributed by atoms with Crippen LogP contribution in [0.3, 0.4) is 0 Å². The molecule has 12 heteroatoms. The van der Waals surface area contributed by atoms with E-state index in [1.165, 1.54) is 24.8 Å². The fourth-order valence-corrected chi connectivity index (χ4v) is 5.33. The number of halogens is 1. The van der Waals surface area contributed by atoms with Crippen molar-refractivity contribution in [2.75, 3.05) is 29.9 Å². The highest BCUT2D eigenvalue weighted by atomic mass is 19.1. The maximum atomic E-state index is 15.3. The van der Waals surface area contributed by atoms with Crippen molar-refractivity contribution in [2.24, 2.45) is 0 Å². The Labute approximate surface area is 228 Å². The van der Waals surface area contributed by atoms with Crippen molar-refractivity contribution in [3.63, 3.8) is 0 Å².